The third kappa shape index (κ3) is 5.09. The van der Waals surface area contributed by atoms with Crippen LogP contribution in [0.3, 0.4) is 0 Å². The topological polar surface area (TPSA) is 69.7 Å². The van der Waals surface area contributed by atoms with Gasteiger partial charge in [-0.3, -0.25) is 4.79 Å². The van der Waals surface area contributed by atoms with Crippen LogP contribution in [-0.2, 0) is 16.4 Å². The second-order valence-electron chi connectivity index (χ2n) is 7.92. The first-order valence-electron chi connectivity index (χ1n) is 10.5. The SMILES string of the molecule is CCc1ccc(C(CNC(=O)c2ccc(S(=O)(=O)N3CCCC3)cc2)N(C)C)cc1. The van der Waals surface area contributed by atoms with E-state index in [1.165, 1.54) is 22.0 Å². The first-order valence-corrected chi connectivity index (χ1v) is 11.9. The van der Waals surface area contributed by atoms with Crippen molar-refractivity contribution in [1.29, 1.82) is 0 Å². The van der Waals surface area contributed by atoms with Gasteiger partial charge in [-0.25, -0.2) is 8.42 Å². The van der Waals surface area contributed by atoms with E-state index in [-0.39, 0.29) is 16.8 Å². The summed E-state index contributed by atoms with van der Waals surface area (Å²) in [7, 11) is 0.512. The normalized spacial score (nSPS) is 16.0. The zero-order valence-electron chi connectivity index (χ0n) is 18.0. The fourth-order valence-electron chi connectivity index (χ4n) is 3.72. The number of hydrogen-bond donors (Lipinski definition) is 1. The van der Waals surface area contributed by atoms with Crippen LogP contribution in [-0.4, -0.2) is 57.3 Å². The number of aryl methyl sites for hydroxylation is 1. The molecule has 7 heteroatoms. The minimum atomic E-state index is -3.47. The summed E-state index contributed by atoms with van der Waals surface area (Å²) < 4.78 is 26.8. The summed E-state index contributed by atoms with van der Waals surface area (Å²) in [5, 5.41) is 2.98. The van der Waals surface area contributed by atoms with E-state index in [0.29, 0.717) is 25.2 Å². The Bertz CT molecular complexity index is 948. The van der Waals surface area contributed by atoms with Crippen molar-refractivity contribution >= 4 is 15.9 Å². The van der Waals surface area contributed by atoms with Crippen molar-refractivity contribution in [2.75, 3.05) is 33.7 Å². The molecule has 2 aromatic carbocycles. The van der Waals surface area contributed by atoms with Gasteiger partial charge in [-0.15, -0.1) is 0 Å². The van der Waals surface area contributed by atoms with Gasteiger partial charge >= 0.3 is 0 Å². The molecule has 1 unspecified atom stereocenters. The van der Waals surface area contributed by atoms with Crippen LogP contribution in [0, 0.1) is 0 Å². The van der Waals surface area contributed by atoms with Gasteiger partial charge < -0.3 is 10.2 Å². The molecule has 1 heterocycles. The summed E-state index contributed by atoms with van der Waals surface area (Å²) in [6, 6.07) is 14.7. The Kier molecular flexibility index (Phi) is 7.28. The van der Waals surface area contributed by atoms with Crippen LogP contribution in [0.2, 0.25) is 0 Å². The third-order valence-electron chi connectivity index (χ3n) is 5.67. The summed E-state index contributed by atoms with van der Waals surface area (Å²) in [4.78, 5) is 14.9. The number of amides is 1. The van der Waals surface area contributed by atoms with Gasteiger partial charge in [-0.1, -0.05) is 31.2 Å². The second-order valence-corrected chi connectivity index (χ2v) is 9.86. The molecule has 0 radical (unpaired) electrons. The molecule has 6 nitrogen and oxygen atoms in total. The molecule has 1 saturated heterocycles. The maximum atomic E-state index is 12.6. The summed E-state index contributed by atoms with van der Waals surface area (Å²) in [6.07, 6.45) is 2.79. The highest BCUT2D eigenvalue weighted by Gasteiger charge is 2.27. The fraction of sp³-hybridized carbons (Fsp3) is 0.435. The Labute approximate surface area is 179 Å². The van der Waals surface area contributed by atoms with Gasteiger partial charge in [0.25, 0.3) is 5.91 Å². The number of hydrogen-bond acceptors (Lipinski definition) is 4. The van der Waals surface area contributed by atoms with Crippen LogP contribution in [0.4, 0.5) is 0 Å². The number of sulfonamides is 1. The van der Waals surface area contributed by atoms with Gasteiger partial charge in [0.15, 0.2) is 0 Å². The lowest BCUT2D eigenvalue weighted by atomic mass is 10.0. The minimum Gasteiger partial charge on any atom is -0.350 e. The van der Waals surface area contributed by atoms with E-state index >= 15 is 0 Å². The van der Waals surface area contributed by atoms with Gasteiger partial charge in [0.1, 0.15) is 0 Å². The molecule has 1 aliphatic heterocycles. The molecule has 0 saturated carbocycles. The van der Waals surface area contributed by atoms with E-state index in [2.05, 4.69) is 41.4 Å². The molecular formula is C23H31N3O3S. The van der Waals surface area contributed by atoms with Crippen molar-refractivity contribution < 1.29 is 13.2 Å². The van der Waals surface area contributed by atoms with Crippen LogP contribution in [0.25, 0.3) is 0 Å². The Morgan fingerprint density at radius 3 is 2.17 bits per heavy atom. The highest BCUT2D eigenvalue weighted by Crippen LogP contribution is 2.22. The fourth-order valence-corrected chi connectivity index (χ4v) is 5.24. The number of carbonyl (C=O) groups is 1. The van der Waals surface area contributed by atoms with E-state index in [0.717, 1.165) is 24.8 Å². The summed E-state index contributed by atoms with van der Waals surface area (Å²) in [5.74, 6) is -0.211. The molecule has 30 heavy (non-hydrogen) atoms. The predicted octanol–water partition coefficient (Wildman–Crippen LogP) is 3.07. The van der Waals surface area contributed by atoms with Gasteiger partial charge in [-0.2, -0.15) is 4.31 Å². The van der Waals surface area contributed by atoms with Gasteiger partial charge in [0, 0.05) is 25.2 Å². The quantitative estimate of drug-likeness (QED) is 0.700. The second kappa shape index (κ2) is 9.73. The number of nitrogens with one attached hydrogen (secondary N) is 1. The zero-order chi connectivity index (χ0) is 21.7. The maximum Gasteiger partial charge on any atom is 0.251 e. The lowest BCUT2D eigenvalue weighted by Crippen LogP contribution is -2.34. The summed E-state index contributed by atoms with van der Waals surface area (Å²) in [6.45, 7) is 3.72. The molecule has 0 aliphatic carbocycles. The summed E-state index contributed by atoms with van der Waals surface area (Å²) in [5.41, 5.74) is 2.88. The van der Waals surface area contributed by atoms with Crippen molar-refractivity contribution in [1.82, 2.24) is 14.5 Å². The molecule has 0 spiro atoms. The predicted molar refractivity (Wildman–Crippen MR) is 119 cm³/mol. The average Bonchev–Trinajstić information content (AvgIpc) is 3.30. The van der Waals surface area contributed by atoms with Gasteiger partial charge in [0.2, 0.25) is 10.0 Å². The molecule has 1 aliphatic rings. The molecule has 0 aromatic heterocycles. The van der Waals surface area contributed by atoms with Crippen molar-refractivity contribution in [3.05, 3.63) is 65.2 Å². The van der Waals surface area contributed by atoms with Gasteiger partial charge in [0.05, 0.1) is 10.9 Å². The van der Waals surface area contributed by atoms with Crippen LogP contribution in [0.1, 0.15) is 47.3 Å². The molecule has 1 fully saturated rings. The highest BCUT2D eigenvalue weighted by molar-refractivity contribution is 7.89. The largest absolute Gasteiger partial charge is 0.350 e. The van der Waals surface area contributed by atoms with Crippen molar-refractivity contribution in [2.45, 2.75) is 37.1 Å². The number of rotatable bonds is 8. The lowest BCUT2D eigenvalue weighted by molar-refractivity contribution is 0.0942. The summed E-state index contributed by atoms with van der Waals surface area (Å²) >= 11 is 0. The van der Waals surface area contributed by atoms with Crippen LogP contribution < -0.4 is 5.32 Å². The van der Waals surface area contributed by atoms with Crippen LogP contribution in [0.15, 0.2) is 53.4 Å². The number of benzene rings is 2. The van der Waals surface area contributed by atoms with E-state index in [1.807, 2.05) is 14.1 Å². The van der Waals surface area contributed by atoms with Gasteiger partial charge in [-0.05, 0) is 68.8 Å². The maximum absolute atomic E-state index is 12.6. The molecule has 0 bridgehead atoms. The molecule has 3 rings (SSSR count). The molecule has 1 atom stereocenters. The average molecular weight is 430 g/mol. The van der Waals surface area contributed by atoms with E-state index in [1.54, 1.807) is 12.1 Å². The molecular weight excluding hydrogens is 398 g/mol. The Morgan fingerprint density at radius 2 is 1.63 bits per heavy atom. The Hall–Kier alpha value is -2.22. The smallest absolute Gasteiger partial charge is 0.251 e. The molecule has 1 N–H and O–H groups in total. The van der Waals surface area contributed by atoms with E-state index in [4.69, 9.17) is 0 Å². The number of likely N-dealkylation sites (N-methyl/N-ethyl adjacent to an activating group) is 1. The minimum absolute atomic E-state index is 0.0506. The van der Waals surface area contributed by atoms with Crippen LogP contribution >= 0.6 is 0 Å². The number of nitrogens with zero attached hydrogens (tertiary/aromatic N) is 2. The molecule has 2 aromatic rings. The van der Waals surface area contributed by atoms with Crippen molar-refractivity contribution in [3.8, 4) is 0 Å². The zero-order valence-corrected chi connectivity index (χ0v) is 18.8. The Morgan fingerprint density at radius 1 is 1.03 bits per heavy atom. The monoisotopic (exact) mass is 429 g/mol. The first-order chi connectivity index (χ1) is 14.3. The van der Waals surface area contributed by atoms with E-state index < -0.39 is 10.0 Å². The van der Waals surface area contributed by atoms with Crippen molar-refractivity contribution in [3.63, 3.8) is 0 Å². The van der Waals surface area contributed by atoms with Crippen molar-refractivity contribution in [2.24, 2.45) is 0 Å². The first kappa shape index (κ1) is 22.5. The van der Waals surface area contributed by atoms with E-state index in [9.17, 15) is 13.2 Å². The highest BCUT2D eigenvalue weighted by atomic mass is 32.2. The standard InChI is InChI=1S/C23H31N3O3S/c1-4-18-7-9-19(10-8-18)22(25(2)3)17-24-23(27)20-11-13-21(14-12-20)30(28,29)26-15-5-6-16-26/h7-14,22H,4-6,15-17H2,1-3H3,(H,24,27). The Balaban J connectivity index is 1.65. The number of carbonyl (C=O) groups excluding carboxylic acids is 1. The molecule has 162 valence electrons. The molecule has 1 amide bonds. The third-order valence-corrected chi connectivity index (χ3v) is 7.58. The lowest BCUT2D eigenvalue weighted by Gasteiger charge is -2.25. The van der Waals surface area contributed by atoms with Crippen LogP contribution in [0.5, 0.6) is 0 Å².